The van der Waals surface area contributed by atoms with Crippen molar-refractivity contribution < 1.29 is 9.21 Å². The van der Waals surface area contributed by atoms with Gasteiger partial charge in [-0.1, -0.05) is 30.3 Å². The first-order valence-corrected chi connectivity index (χ1v) is 5.58. The fourth-order valence-corrected chi connectivity index (χ4v) is 1.72. The smallest absolute Gasteiger partial charge is 0.255 e. The highest BCUT2D eigenvalue weighted by atomic mass is 16.3. The van der Waals surface area contributed by atoms with Crippen LogP contribution in [0.4, 0.5) is 0 Å². The molecule has 17 heavy (non-hydrogen) atoms. The standard InChI is InChI=1S/C14H15NO2/c1-10(12-6-4-3-5-7-12)15-14(16)13-8-9-17-11(13)2/h3-10H,1-2H3,(H,15,16)/t10-/m1/s1. The maximum atomic E-state index is 11.9. The number of benzene rings is 1. The van der Waals surface area contributed by atoms with Crippen LogP contribution in [0.2, 0.25) is 0 Å². The summed E-state index contributed by atoms with van der Waals surface area (Å²) in [5, 5.41) is 2.94. The van der Waals surface area contributed by atoms with Crippen molar-refractivity contribution in [3.8, 4) is 0 Å². The van der Waals surface area contributed by atoms with E-state index >= 15 is 0 Å². The summed E-state index contributed by atoms with van der Waals surface area (Å²) in [6.07, 6.45) is 1.53. The number of furan rings is 1. The Morgan fingerprint density at radius 3 is 2.53 bits per heavy atom. The molecule has 0 saturated carbocycles. The van der Waals surface area contributed by atoms with Crippen LogP contribution in [0, 0.1) is 6.92 Å². The van der Waals surface area contributed by atoms with E-state index in [0.29, 0.717) is 11.3 Å². The first kappa shape index (κ1) is 11.5. The van der Waals surface area contributed by atoms with E-state index in [4.69, 9.17) is 4.42 Å². The third-order valence-electron chi connectivity index (χ3n) is 2.75. The van der Waals surface area contributed by atoms with E-state index in [2.05, 4.69) is 5.32 Å². The predicted octanol–water partition coefficient (Wildman–Crippen LogP) is 3.08. The van der Waals surface area contributed by atoms with Gasteiger partial charge >= 0.3 is 0 Å². The molecule has 1 aromatic heterocycles. The van der Waals surface area contributed by atoms with Gasteiger partial charge in [0, 0.05) is 0 Å². The molecule has 0 radical (unpaired) electrons. The lowest BCUT2D eigenvalue weighted by molar-refractivity contribution is 0.0938. The Kier molecular flexibility index (Phi) is 3.28. The number of hydrogen-bond donors (Lipinski definition) is 1. The number of carbonyl (C=O) groups is 1. The van der Waals surface area contributed by atoms with Crippen LogP contribution < -0.4 is 5.32 Å². The molecular formula is C14H15NO2. The first-order chi connectivity index (χ1) is 8.18. The summed E-state index contributed by atoms with van der Waals surface area (Å²) in [6.45, 7) is 3.74. The van der Waals surface area contributed by atoms with E-state index in [9.17, 15) is 4.79 Å². The van der Waals surface area contributed by atoms with Crippen LogP contribution in [0.15, 0.2) is 47.1 Å². The summed E-state index contributed by atoms with van der Waals surface area (Å²) in [4.78, 5) is 11.9. The Morgan fingerprint density at radius 2 is 1.94 bits per heavy atom. The molecule has 1 amide bonds. The van der Waals surface area contributed by atoms with Crippen LogP contribution in [0.1, 0.15) is 34.6 Å². The fraction of sp³-hybridized carbons (Fsp3) is 0.214. The van der Waals surface area contributed by atoms with Crippen molar-refractivity contribution in [1.29, 1.82) is 0 Å². The van der Waals surface area contributed by atoms with Gasteiger partial charge in [0.2, 0.25) is 0 Å². The molecule has 3 nitrogen and oxygen atoms in total. The van der Waals surface area contributed by atoms with E-state index < -0.39 is 0 Å². The van der Waals surface area contributed by atoms with Gasteiger partial charge in [0.15, 0.2) is 0 Å². The van der Waals surface area contributed by atoms with Crippen molar-refractivity contribution >= 4 is 5.91 Å². The number of nitrogens with one attached hydrogen (secondary N) is 1. The van der Waals surface area contributed by atoms with Gasteiger partial charge in [-0.15, -0.1) is 0 Å². The molecule has 88 valence electrons. The Balaban J connectivity index is 2.08. The Labute approximate surface area is 100 Å². The molecule has 1 atom stereocenters. The molecule has 1 heterocycles. The van der Waals surface area contributed by atoms with Crippen molar-refractivity contribution in [2.75, 3.05) is 0 Å². The second-order valence-electron chi connectivity index (χ2n) is 4.00. The van der Waals surface area contributed by atoms with Crippen LogP contribution in [0.5, 0.6) is 0 Å². The zero-order chi connectivity index (χ0) is 12.3. The van der Waals surface area contributed by atoms with Gasteiger partial charge in [-0.3, -0.25) is 4.79 Å². The van der Waals surface area contributed by atoms with Gasteiger partial charge in [0.1, 0.15) is 5.76 Å². The van der Waals surface area contributed by atoms with Crippen molar-refractivity contribution in [3.63, 3.8) is 0 Å². The van der Waals surface area contributed by atoms with Crippen molar-refractivity contribution in [2.24, 2.45) is 0 Å². The highest BCUT2D eigenvalue weighted by Gasteiger charge is 2.14. The van der Waals surface area contributed by atoms with Crippen LogP contribution >= 0.6 is 0 Å². The lowest BCUT2D eigenvalue weighted by Gasteiger charge is -2.13. The molecule has 2 aromatic rings. The minimum atomic E-state index is -0.104. The number of carbonyl (C=O) groups excluding carboxylic acids is 1. The highest BCUT2D eigenvalue weighted by Crippen LogP contribution is 2.14. The number of amides is 1. The second-order valence-corrected chi connectivity index (χ2v) is 4.00. The number of hydrogen-bond acceptors (Lipinski definition) is 2. The lowest BCUT2D eigenvalue weighted by atomic mass is 10.1. The molecule has 0 fully saturated rings. The molecule has 0 bridgehead atoms. The molecule has 3 heteroatoms. The van der Waals surface area contributed by atoms with Crippen LogP contribution in [-0.4, -0.2) is 5.91 Å². The van der Waals surface area contributed by atoms with Gasteiger partial charge in [-0.25, -0.2) is 0 Å². The Morgan fingerprint density at radius 1 is 1.24 bits per heavy atom. The topological polar surface area (TPSA) is 42.2 Å². The minimum absolute atomic E-state index is 0.0157. The largest absolute Gasteiger partial charge is 0.469 e. The summed E-state index contributed by atoms with van der Waals surface area (Å²) in [5.41, 5.74) is 1.68. The maximum Gasteiger partial charge on any atom is 0.255 e. The number of aryl methyl sites for hydroxylation is 1. The minimum Gasteiger partial charge on any atom is -0.469 e. The zero-order valence-corrected chi connectivity index (χ0v) is 9.94. The molecule has 0 spiro atoms. The van der Waals surface area contributed by atoms with E-state index in [1.54, 1.807) is 13.0 Å². The average Bonchev–Trinajstić information content (AvgIpc) is 2.76. The lowest BCUT2D eigenvalue weighted by Crippen LogP contribution is -2.26. The second kappa shape index (κ2) is 4.87. The Bertz CT molecular complexity index is 502. The Hall–Kier alpha value is -2.03. The van der Waals surface area contributed by atoms with E-state index in [1.807, 2.05) is 37.3 Å². The highest BCUT2D eigenvalue weighted by molar-refractivity contribution is 5.95. The van der Waals surface area contributed by atoms with Crippen LogP contribution in [-0.2, 0) is 0 Å². The van der Waals surface area contributed by atoms with Crippen molar-refractivity contribution in [1.82, 2.24) is 5.32 Å². The third kappa shape index (κ3) is 2.56. The monoisotopic (exact) mass is 229 g/mol. The summed E-state index contributed by atoms with van der Waals surface area (Å²) < 4.78 is 5.11. The zero-order valence-electron chi connectivity index (χ0n) is 9.94. The average molecular weight is 229 g/mol. The molecule has 2 rings (SSSR count). The van der Waals surface area contributed by atoms with Gasteiger partial charge in [-0.05, 0) is 25.5 Å². The maximum absolute atomic E-state index is 11.9. The summed E-state index contributed by atoms with van der Waals surface area (Å²) in [6, 6.07) is 11.5. The fourth-order valence-electron chi connectivity index (χ4n) is 1.72. The molecule has 0 saturated heterocycles. The third-order valence-corrected chi connectivity index (χ3v) is 2.75. The van der Waals surface area contributed by atoms with E-state index in [-0.39, 0.29) is 11.9 Å². The van der Waals surface area contributed by atoms with Gasteiger partial charge in [-0.2, -0.15) is 0 Å². The molecule has 0 unspecified atom stereocenters. The van der Waals surface area contributed by atoms with Gasteiger partial charge in [0.25, 0.3) is 5.91 Å². The number of rotatable bonds is 3. The van der Waals surface area contributed by atoms with Gasteiger partial charge in [0.05, 0.1) is 17.9 Å². The van der Waals surface area contributed by atoms with Crippen LogP contribution in [0.25, 0.3) is 0 Å². The van der Waals surface area contributed by atoms with Crippen molar-refractivity contribution in [3.05, 3.63) is 59.5 Å². The van der Waals surface area contributed by atoms with Gasteiger partial charge < -0.3 is 9.73 Å². The van der Waals surface area contributed by atoms with Crippen LogP contribution in [0.3, 0.4) is 0 Å². The summed E-state index contributed by atoms with van der Waals surface area (Å²) in [7, 11) is 0. The summed E-state index contributed by atoms with van der Waals surface area (Å²) in [5.74, 6) is 0.537. The summed E-state index contributed by atoms with van der Waals surface area (Å²) >= 11 is 0. The molecule has 1 aromatic carbocycles. The predicted molar refractivity (Wildman–Crippen MR) is 65.8 cm³/mol. The first-order valence-electron chi connectivity index (χ1n) is 5.58. The quantitative estimate of drug-likeness (QED) is 0.878. The normalized spacial score (nSPS) is 12.1. The molecule has 0 aliphatic rings. The molecule has 1 N–H and O–H groups in total. The van der Waals surface area contributed by atoms with E-state index in [1.165, 1.54) is 6.26 Å². The SMILES string of the molecule is Cc1occc1C(=O)N[C@H](C)c1ccccc1. The molecular weight excluding hydrogens is 214 g/mol. The van der Waals surface area contributed by atoms with E-state index in [0.717, 1.165) is 5.56 Å². The molecule has 0 aliphatic carbocycles. The molecule has 0 aliphatic heterocycles. The van der Waals surface area contributed by atoms with Crippen molar-refractivity contribution in [2.45, 2.75) is 19.9 Å².